The fraction of sp³-hybridized carbons (Fsp3) is 0.462. The van der Waals surface area contributed by atoms with Crippen LogP contribution in [0.2, 0.25) is 5.02 Å². The predicted octanol–water partition coefficient (Wildman–Crippen LogP) is 4.17. The van der Waals surface area contributed by atoms with Crippen LogP contribution in [-0.4, -0.2) is 68.7 Å². The van der Waals surface area contributed by atoms with Gasteiger partial charge in [0.05, 0.1) is 29.3 Å². The maximum absolute atomic E-state index is 14.9. The van der Waals surface area contributed by atoms with Crippen molar-refractivity contribution in [1.82, 2.24) is 15.5 Å². The number of halogens is 6. The lowest BCUT2D eigenvalue weighted by atomic mass is 10.1. The molecule has 2 aliphatic heterocycles. The Labute approximate surface area is 227 Å². The number of anilines is 2. The molecule has 7 nitrogen and oxygen atoms in total. The molecule has 212 valence electrons. The standard InChI is InChI=1S/C26H29ClF5N5O2/c27-18-2-4-20(21(13-18)37-11-9-36(10-12-37)8-6-26(30,31)32)35-25(39)19-3-1-16(22(28)23(19)29)15-34-24(38)17-5-7-33-14-17/h1-4,13,17,33H,5-12,14-15H2,(H,34,38)(H,35,39). The van der Waals surface area contributed by atoms with Gasteiger partial charge in [0, 0.05) is 56.4 Å². The summed E-state index contributed by atoms with van der Waals surface area (Å²) in [5, 5.41) is 8.64. The first-order valence-electron chi connectivity index (χ1n) is 12.6. The molecule has 1 atom stereocenters. The first-order valence-corrected chi connectivity index (χ1v) is 13.0. The zero-order valence-corrected chi connectivity index (χ0v) is 21.8. The van der Waals surface area contributed by atoms with Crippen LogP contribution >= 0.6 is 11.6 Å². The van der Waals surface area contributed by atoms with Crippen LogP contribution in [0.3, 0.4) is 0 Å². The maximum Gasteiger partial charge on any atom is 0.390 e. The molecule has 0 bridgehead atoms. The fourth-order valence-electron chi connectivity index (χ4n) is 4.67. The third-order valence-electron chi connectivity index (χ3n) is 6.92. The zero-order valence-electron chi connectivity index (χ0n) is 21.0. The number of hydrogen-bond donors (Lipinski definition) is 3. The minimum absolute atomic E-state index is 0.0843. The van der Waals surface area contributed by atoms with Crippen molar-refractivity contribution in [3.63, 3.8) is 0 Å². The van der Waals surface area contributed by atoms with Gasteiger partial charge in [-0.05, 0) is 37.2 Å². The van der Waals surface area contributed by atoms with Crippen molar-refractivity contribution in [2.75, 3.05) is 56.0 Å². The fourth-order valence-corrected chi connectivity index (χ4v) is 4.83. The zero-order chi connectivity index (χ0) is 28.2. The van der Waals surface area contributed by atoms with Gasteiger partial charge in [-0.3, -0.25) is 14.5 Å². The summed E-state index contributed by atoms with van der Waals surface area (Å²) in [4.78, 5) is 28.7. The number of alkyl halides is 3. The summed E-state index contributed by atoms with van der Waals surface area (Å²) in [6.45, 7) is 2.48. The second-order valence-corrected chi connectivity index (χ2v) is 10.1. The van der Waals surface area contributed by atoms with E-state index in [-0.39, 0.29) is 30.5 Å². The number of carbonyl (C=O) groups excluding carboxylic acids is 2. The molecule has 0 radical (unpaired) electrons. The van der Waals surface area contributed by atoms with Crippen molar-refractivity contribution in [2.45, 2.75) is 25.6 Å². The molecule has 0 aliphatic carbocycles. The van der Waals surface area contributed by atoms with Crippen molar-refractivity contribution in [2.24, 2.45) is 5.92 Å². The van der Waals surface area contributed by atoms with Crippen LogP contribution in [0.1, 0.15) is 28.8 Å². The second kappa shape index (κ2) is 12.5. The highest BCUT2D eigenvalue weighted by molar-refractivity contribution is 6.31. The largest absolute Gasteiger partial charge is 0.390 e. The Balaban J connectivity index is 1.41. The number of carbonyl (C=O) groups is 2. The molecule has 0 saturated carbocycles. The van der Waals surface area contributed by atoms with Crippen LogP contribution in [0.5, 0.6) is 0 Å². The molecular weight excluding hydrogens is 545 g/mol. The first kappa shape index (κ1) is 29.0. The average molecular weight is 574 g/mol. The highest BCUT2D eigenvalue weighted by atomic mass is 35.5. The molecule has 2 amide bonds. The van der Waals surface area contributed by atoms with E-state index in [4.69, 9.17) is 11.6 Å². The Bertz CT molecular complexity index is 1200. The van der Waals surface area contributed by atoms with Crippen LogP contribution in [0.25, 0.3) is 0 Å². The molecule has 2 aromatic rings. The summed E-state index contributed by atoms with van der Waals surface area (Å²) in [6, 6.07) is 7.07. The quantitative estimate of drug-likeness (QED) is 0.413. The monoisotopic (exact) mass is 573 g/mol. The highest BCUT2D eigenvalue weighted by Crippen LogP contribution is 2.31. The minimum atomic E-state index is -4.23. The van der Waals surface area contributed by atoms with E-state index < -0.39 is 35.7 Å². The molecule has 2 aliphatic rings. The predicted molar refractivity (Wildman–Crippen MR) is 138 cm³/mol. The van der Waals surface area contributed by atoms with Crippen molar-refractivity contribution >= 4 is 34.8 Å². The normalized spacial score (nSPS) is 18.3. The van der Waals surface area contributed by atoms with Gasteiger partial charge in [0.1, 0.15) is 0 Å². The number of nitrogens with one attached hydrogen (secondary N) is 3. The van der Waals surface area contributed by atoms with Gasteiger partial charge in [0.15, 0.2) is 11.6 Å². The molecule has 3 N–H and O–H groups in total. The Morgan fingerprint density at radius 2 is 1.79 bits per heavy atom. The molecule has 2 fully saturated rings. The van der Waals surface area contributed by atoms with Crippen LogP contribution in [0.15, 0.2) is 30.3 Å². The number of piperazine rings is 1. The Morgan fingerprint density at radius 1 is 1.05 bits per heavy atom. The van der Waals surface area contributed by atoms with Gasteiger partial charge in [-0.1, -0.05) is 17.7 Å². The molecule has 0 spiro atoms. The number of benzene rings is 2. The van der Waals surface area contributed by atoms with Crippen molar-refractivity contribution < 1.29 is 31.5 Å². The van der Waals surface area contributed by atoms with Crippen molar-refractivity contribution in [3.05, 3.63) is 58.1 Å². The van der Waals surface area contributed by atoms with E-state index in [1.54, 1.807) is 11.0 Å². The lowest BCUT2D eigenvalue weighted by molar-refractivity contribution is -0.138. The summed E-state index contributed by atoms with van der Waals surface area (Å²) < 4.78 is 67.3. The molecule has 2 aromatic carbocycles. The number of amides is 2. The van der Waals surface area contributed by atoms with Gasteiger partial charge in [-0.25, -0.2) is 8.78 Å². The van der Waals surface area contributed by atoms with E-state index in [1.165, 1.54) is 18.2 Å². The van der Waals surface area contributed by atoms with Gasteiger partial charge in [-0.2, -0.15) is 13.2 Å². The number of hydrogen-bond acceptors (Lipinski definition) is 5. The molecule has 2 heterocycles. The van der Waals surface area contributed by atoms with Crippen molar-refractivity contribution in [3.8, 4) is 0 Å². The molecule has 4 rings (SSSR count). The molecule has 1 unspecified atom stereocenters. The summed E-state index contributed by atoms with van der Waals surface area (Å²) in [7, 11) is 0. The van der Waals surface area contributed by atoms with Gasteiger partial charge >= 0.3 is 6.18 Å². The van der Waals surface area contributed by atoms with Gasteiger partial charge in [0.2, 0.25) is 5.91 Å². The smallest absolute Gasteiger partial charge is 0.367 e. The number of nitrogens with zero attached hydrogens (tertiary/aromatic N) is 2. The lowest BCUT2D eigenvalue weighted by Gasteiger charge is -2.37. The summed E-state index contributed by atoms with van der Waals surface area (Å²) in [6.07, 6.45) is -4.45. The molecule has 0 aromatic heterocycles. The average Bonchev–Trinajstić information content (AvgIpc) is 3.44. The van der Waals surface area contributed by atoms with Crippen LogP contribution in [-0.2, 0) is 11.3 Å². The third-order valence-corrected chi connectivity index (χ3v) is 7.16. The third kappa shape index (κ3) is 7.58. The van der Waals surface area contributed by atoms with E-state index >= 15 is 0 Å². The molecule has 2 saturated heterocycles. The van der Waals surface area contributed by atoms with Crippen LogP contribution in [0.4, 0.5) is 33.3 Å². The van der Waals surface area contributed by atoms with E-state index in [0.717, 1.165) is 12.6 Å². The van der Waals surface area contributed by atoms with Crippen LogP contribution in [0, 0.1) is 17.6 Å². The summed E-state index contributed by atoms with van der Waals surface area (Å²) in [5.74, 6) is -3.92. The second-order valence-electron chi connectivity index (χ2n) is 9.62. The van der Waals surface area contributed by atoms with Gasteiger partial charge in [-0.15, -0.1) is 0 Å². The van der Waals surface area contributed by atoms with E-state index in [0.29, 0.717) is 55.5 Å². The molecular formula is C26H29ClF5N5O2. The van der Waals surface area contributed by atoms with Crippen LogP contribution < -0.4 is 20.9 Å². The van der Waals surface area contributed by atoms with Gasteiger partial charge in [0.25, 0.3) is 5.91 Å². The summed E-state index contributed by atoms with van der Waals surface area (Å²) in [5.41, 5.74) is 0.224. The topological polar surface area (TPSA) is 76.7 Å². The maximum atomic E-state index is 14.9. The molecule has 39 heavy (non-hydrogen) atoms. The Kier molecular flexibility index (Phi) is 9.29. The Morgan fingerprint density at radius 3 is 2.46 bits per heavy atom. The first-order chi connectivity index (χ1) is 18.5. The van der Waals surface area contributed by atoms with E-state index in [9.17, 15) is 31.5 Å². The van der Waals surface area contributed by atoms with Gasteiger partial charge < -0.3 is 20.9 Å². The minimum Gasteiger partial charge on any atom is -0.367 e. The Hall–Kier alpha value is -2.96. The highest BCUT2D eigenvalue weighted by Gasteiger charge is 2.29. The SMILES string of the molecule is O=C(Nc1ccc(Cl)cc1N1CCN(CCC(F)(F)F)CC1)c1ccc(CNC(=O)C2CCNC2)c(F)c1F. The summed E-state index contributed by atoms with van der Waals surface area (Å²) >= 11 is 6.16. The van der Waals surface area contributed by atoms with E-state index in [1.807, 2.05) is 4.90 Å². The lowest BCUT2D eigenvalue weighted by Crippen LogP contribution is -2.47. The van der Waals surface area contributed by atoms with E-state index in [2.05, 4.69) is 16.0 Å². The molecule has 13 heteroatoms. The number of rotatable bonds is 8. The van der Waals surface area contributed by atoms with Crippen molar-refractivity contribution in [1.29, 1.82) is 0 Å².